The molecule has 5 nitrogen and oxygen atoms in total. The van der Waals surface area contributed by atoms with Gasteiger partial charge in [-0.3, -0.25) is 0 Å². The number of benzene rings is 1. The number of nitrogens with two attached hydrogens (primary N) is 1. The molecule has 2 rings (SSSR count). The Morgan fingerprint density at radius 3 is 2.67 bits per heavy atom. The van der Waals surface area contributed by atoms with E-state index in [0.29, 0.717) is 12.1 Å². The minimum absolute atomic E-state index is 0.178. The van der Waals surface area contributed by atoms with Gasteiger partial charge in [-0.2, -0.15) is 11.8 Å². The van der Waals surface area contributed by atoms with Crippen LogP contribution in [0.1, 0.15) is 5.56 Å². The van der Waals surface area contributed by atoms with Gasteiger partial charge in [-0.1, -0.05) is 6.07 Å². The number of nitrogens with one attached hydrogen (secondary N) is 1. The molecule has 1 fully saturated rings. The van der Waals surface area contributed by atoms with Gasteiger partial charge in [-0.05, 0) is 17.7 Å². The quantitative estimate of drug-likeness (QED) is 0.798. The van der Waals surface area contributed by atoms with Crippen LogP contribution in [0, 0.1) is 5.82 Å². The van der Waals surface area contributed by atoms with E-state index in [4.69, 9.17) is 5.73 Å². The van der Waals surface area contributed by atoms with Crippen molar-refractivity contribution in [1.29, 1.82) is 0 Å². The van der Waals surface area contributed by atoms with Gasteiger partial charge in [0, 0.05) is 44.2 Å². The third-order valence-electron chi connectivity index (χ3n) is 3.35. The van der Waals surface area contributed by atoms with Gasteiger partial charge in [0.25, 0.3) is 0 Å². The summed E-state index contributed by atoms with van der Waals surface area (Å²) < 4.78 is 40.5. The molecule has 0 aromatic heterocycles. The van der Waals surface area contributed by atoms with Crippen LogP contribution in [0.15, 0.2) is 23.1 Å². The largest absolute Gasteiger partial charge is 0.326 e. The topological polar surface area (TPSA) is 75.4 Å². The minimum Gasteiger partial charge on any atom is -0.326 e. The molecule has 1 heterocycles. The van der Waals surface area contributed by atoms with Gasteiger partial charge in [0.05, 0.1) is 0 Å². The molecule has 3 N–H and O–H groups in total. The Balaban J connectivity index is 1.94. The van der Waals surface area contributed by atoms with Crippen molar-refractivity contribution in [2.75, 3.05) is 37.7 Å². The predicted octanol–water partition coefficient (Wildman–Crippen LogP) is 0.611. The molecule has 1 aliphatic rings. The molecule has 0 atom stereocenters. The molecule has 0 spiro atoms. The van der Waals surface area contributed by atoms with Crippen molar-refractivity contribution < 1.29 is 12.8 Å². The molecule has 0 amide bonds. The number of rotatable bonds is 6. The number of hydrogen-bond acceptors (Lipinski definition) is 5. The molecular weight excluding hydrogens is 313 g/mol. The first kappa shape index (κ1) is 16.7. The van der Waals surface area contributed by atoms with Gasteiger partial charge < -0.3 is 10.6 Å². The molecular formula is C13H20FN3O2S2. The number of sulfonamides is 1. The second kappa shape index (κ2) is 7.55. The van der Waals surface area contributed by atoms with E-state index in [9.17, 15) is 12.8 Å². The summed E-state index contributed by atoms with van der Waals surface area (Å²) in [5.74, 6) is 1.38. The van der Waals surface area contributed by atoms with Crippen LogP contribution < -0.4 is 10.5 Å². The zero-order valence-electron chi connectivity index (χ0n) is 11.7. The Bertz CT molecular complexity index is 575. The first-order valence-electron chi connectivity index (χ1n) is 6.81. The van der Waals surface area contributed by atoms with Crippen molar-refractivity contribution in [3.05, 3.63) is 29.6 Å². The molecule has 1 saturated heterocycles. The molecule has 0 saturated carbocycles. The molecule has 118 valence electrons. The Morgan fingerprint density at radius 1 is 1.33 bits per heavy atom. The Labute approximate surface area is 129 Å². The lowest BCUT2D eigenvalue weighted by molar-refractivity contribution is 0.307. The summed E-state index contributed by atoms with van der Waals surface area (Å²) in [4.78, 5) is 1.88. The monoisotopic (exact) mass is 333 g/mol. The van der Waals surface area contributed by atoms with Crippen molar-refractivity contribution in [3.8, 4) is 0 Å². The number of hydrogen-bond donors (Lipinski definition) is 2. The third kappa shape index (κ3) is 4.65. The van der Waals surface area contributed by atoms with Crippen molar-refractivity contribution in [1.82, 2.24) is 9.62 Å². The Hall–Kier alpha value is -0.670. The normalized spacial score (nSPS) is 17.0. The average molecular weight is 333 g/mol. The zero-order chi connectivity index (χ0) is 15.3. The van der Waals surface area contributed by atoms with Crippen molar-refractivity contribution in [2.24, 2.45) is 5.73 Å². The molecule has 0 unspecified atom stereocenters. The van der Waals surface area contributed by atoms with E-state index in [0.717, 1.165) is 30.7 Å². The Kier molecular flexibility index (Phi) is 6.00. The van der Waals surface area contributed by atoms with Crippen LogP contribution in [0.3, 0.4) is 0 Å². The standard InChI is InChI=1S/C13H20FN3O2S2/c14-12-9-11(10-15)1-2-13(12)21(18,19)16-3-4-17-5-7-20-8-6-17/h1-2,9,16H,3-8,10,15H2. The fraction of sp³-hybridized carbons (Fsp3) is 0.538. The van der Waals surface area contributed by atoms with Crippen molar-refractivity contribution in [2.45, 2.75) is 11.4 Å². The van der Waals surface area contributed by atoms with Crippen LogP contribution in [0.4, 0.5) is 4.39 Å². The van der Waals surface area contributed by atoms with Crippen LogP contribution in [-0.2, 0) is 16.6 Å². The highest BCUT2D eigenvalue weighted by Gasteiger charge is 2.19. The molecule has 1 aromatic rings. The van der Waals surface area contributed by atoms with E-state index in [1.807, 2.05) is 11.8 Å². The molecule has 1 aromatic carbocycles. The number of halogens is 1. The fourth-order valence-electron chi connectivity index (χ4n) is 2.13. The summed E-state index contributed by atoms with van der Waals surface area (Å²) in [6.45, 7) is 3.03. The molecule has 0 bridgehead atoms. The summed E-state index contributed by atoms with van der Waals surface area (Å²) in [6.07, 6.45) is 0. The van der Waals surface area contributed by atoms with E-state index in [1.165, 1.54) is 12.1 Å². The maximum absolute atomic E-state index is 13.8. The van der Waals surface area contributed by atoms with Crippen LogP contribution in [-0.4, -0.2) is 51.0 Å². The third-order valence-corrected chi connectivity index (χ3v) is 5.78. The highest BCUT2D eigenvalue weighted by molar-refractivity contribution is 7.99. The van der Waals surface area contributed by atoms with Gasteiger partial charge in [0.15, 0.2) is 0 Å². The summed E-state index contributed by atoms with van der Waals surface area (Å²) >= 11 is 1.90. The molecule has 1 aliphatic heterocycles. The lowest BCUT2D eigenvalue weighted by Gasteiger charge is -2.25. The predicted molar refractivity (Wildman–Crippen MR) is 83.2 cm³/mol. The van der Waals surface area contributed by atoms with Crippen molar-refractivity contribution >= 4 is 21.8 Å². The average Bonchev–Trinajstić information content (AvgIpc) is 2.47. The van der Waals surface area contributed by atoms with Gasteiger partial charge in [-0.15, -0.1) is 0 Å². The van der Waals surface area contributed by atoms with Gasteiger partial charge in [0.2, 0.25) is 10.0 Å². The Morgan fingerprint density at radius 2 is 2.05 bits per heavy atom. The van der Waals surface area contributed by atoms with Crippen LogP contribution in [0.25, 0.3) is 0 Å². The zero-order valence-corrected chi connectivity index (χ0v) is 13.4. The van der Waals surface area contributed by atoms with E-state index in [1.54, 1.807) is 0 Å². The highest BCUT2D eigenvalue weighted by Crippen LogP contribution is 2.16. The number of thioether (sulfide) groups is 1. The van der Waals surface area contributed by atoms with Crippen LogP contribution in [0.5, 0.6) is 0 Å². The summed E-state index contributed by atoms with van der Waals surface area (Å²) in [6, 6.07) is 3.95. The fourth-order valence-corrected chi connectivity index (χ4v) is 4.19. The molecule has 0 aliphatic carbocycles. The lowest BCUT2D eigenvalue weighted by atomic mass is 10.2. The summed E-state index contributed by atoms with van der Waals surface area (Å²) in [5, 5.41) is 0. The van der Waals surface area contributed by atoms with Crippen LogP contribution >= 0.6 is 11.8 Å². The minimum atomic E-state index is -3.81. The van der Waals surface area contributed by atoms with Gasteiger partial charge in [0.1, 0.15) is 10.7 Å². The van der Waals surface area contributed by atoms with Gasteiger partial charge >= 0.3 is 0 Å². The van der Waals surface area contributed by atoms with Gasteiger partial charge in [-0.25, -0.2) is 17.5 Å². The van der Waals surface area contributed by atoms with E-state index < -0.39 is 15.8 Å². The smallest absolute Gasteiger partial charge is 0.243 e. The van der Waals surface area contributed by atoms with Crippen LogP contribution in [0.2, 0.25) is 0 Å². The lowest BCUT2D eigenvalue weighted by Crippen LogP contribution is -2.39. The van der Waals surface area contributed by atoms with E-state index in [2.05, 4.69) is 9.62 Å². The highest BCUT2D eigenvalue weighted by atomic mass is 32.2. The van der Waals surface area contributed by atoms with E-state index in [-0.39, 0.29) is 18.0 Å². The molecule has 21 heavy (non-hydrogen) atoms. The summed E-state index contributed by atoms with van der Waals surface area (Å²) in [5.41, 5.74) is 5.97. The first-order valence-corrected chi connectivity index (χ1v) is 9.45. The molecule has 8 heteroatoms. The van der Waals surface area contributed by atoms with Crippen molar-refractivity contribution in [3.63, 3.8) is 0 Å². The summed E-state index contributed by atoms with van der Waals surface area (Å²) in [7, 11) is -3.81. The SMILES string of the molecule is NCc1ccc(S(=O)(=O)NCCN2CCSCC2)c(F)c1. The second-order valence-electron chi connectivity index (χ2n) is 4.82. The maximum atomic E-state index is 13.8. The first-order chi connectivity index (χ1) is 10.0. The second-order valence-corrected chi connectivity index (χ2v) is 7.78. The maximum Gasteiger partial charge on any atom is 0.243 e. The van der Waals surface area contributed by atoms with E-state index >= 15 is 0 Å². The molecule has 0 radical (unpaired) electrons. The number of nitrogens with zero attached hydrogens (tertiary/aromatic N) is 1.